The minimum Gasteiger partial charge on any atom is -0.372 e. The second-order valence-electron chi connectivity index (χ2n) is 3.94. The molecule has 17 heavy (non-hydrogen) atoms. The standard InChI is InChI=1S/C13H16ClIO2/c1-10(8-13(16)9-17-7-6-14)11-2-4-12(15)5-3-11/h2-5,10H,6-9H2,1H3/t10-/m1/s1. The number of hydrogen-bond acceptors (Lipinski definition) is 2. The van der Waals surface area contributed by atoms with Crippen LogP contribution in [0.1, 0.15) is 24.8 Å². The molecule has 2 nitrogen and oxygen atoms in total. The number of carbonyl (C=O) groups excluding carboxylic acids is 1. The zero-order chi connectivity index (χ0) is 12.7. The summed E-state index contributed by atoms with van der Waals surface area (Å²) in [5.41, 5.74) is 1.19. The number of benzene rings is 1. The van der Waals surface area contributed by atoms with Gasteiger partial charge in [0.25, 0.3) is 0 Å². The Labute approximate surface area is 121 Å². The normalized spacial score (nSPS) is 12.4. The second-order valence-corrected chi connectivity index (χ2v) is 5.56. The van der Waals surface area contributed by atoms with Crippen molar-refractivity contribution in [2.24, 2.45) is 0 Å². The first-order valence-corrected chi connectivity index (χ1v) is 7.15. The zero-order valence-corrected chi connectivity index (χ0v) is 12.7. The lowest BCUT2D eigenvalue weighted by molar-refractivity contribution is -0.123. The Morgan fingerprint density at radius 1 is 1.41 bits per heavy atom. The van der Waals surface area contributed by atoms with Crippen molar-refractivity contribution in [1.82, 2.24) is 0 Å². The van der Waals surface area contributed by atoms with E-state index in [1.807, 2.05) is 0 Å². The molecule has 0 aliphatic rings. The van der Waals surface area contributed by atoms with Crippen molar-refractivity contribution in [1.29, 1.82) is 0 Å². The Morgan fingerprint density at radius 3 is 2.65 bits per heavy atom. The number of rotatable bonds is 7. The van der Waals surface area contributed by atoms with Crippen molar-refractivity contribution in [2.45, 2.75) is 19.3 Å². The number of hydrogen-bond donors (Lipinski definition) is 0. The average Bonchev–Trinajstić information content (AvgIpc) is 2.30. The summed E-state index contributed by atoms with van der Waals surface area (Å²) in [5, 5.41) is 0. The van der Waals surface area contributed by atoms with Crippen LogP contribution in [0.15, 0.2) is 24.3 Å². The molecule has 0 spiro atoms. The molecule has 0 heterocycles. The van der Waals surface area contributed by atoms with Crippen LogP contribution in [0.4, 0.5) is 0 Å². The molecule has 0 N–H and O–H groups in total. The number of halogens is 2. The van der Waals surface area contributed by atoms with Crippen LogP contribution in [0.5, 0.6) is 0 Å². The van der Waals surface area contributed by atoms with E-state index in [1.54, 1.807) is 0 Å². The van der Waals surface area contributed by atoms with Gasteiger partial charge in [0.05, 0.1) is 6.61 Å². The van der Waals surface area contributed by atoms with Gasteiger partial charge in [-0.05, 0) is 46.2 Å². The number of alkyl halides is 1. The van der Waals surface area contributed by atoms with Crippen LogP contribution in [0.25, 0.3) is 0 Å². The summed E-state index contributed by atoms with van der Waals surface area (Å²) in [6.45, 7) is 2.66. The molecule has 0 bridgehead atoms. The lowest BCUT2D eigenvalue weighted by Gasteiger charge is -2.11. The minimum atomic E-state index is 0.126. The van der Waals surface area contributed by atoms with E-state index in [4.69, 9.17) is 16.3 Å². The molecule has 1 atom stereocenters. The molecule has 4 heteroatoms. The Hall–Kier alpha value is -0.130. The average molecular weight is 367 g/mol. The maximum absolute atomic E-state index is 11.6. The van der Waals surface area contributed by atoms with Gasteiger partial charge in [0.1, 0.15) is 6.61 Å². The lowest BCUT2D eigenvalue weighted by Crippen LogP contribution is -2.12. The molecule has 0 aliphatic carbocycles. The van der Waals surface area contributed by atoms with E-state index in [-0.39, 0.29) is 18.3 Å². The molecule has 0 unspecified atom stereocenters. The highest BCUT2D eigenvalue weighted by Gasteiger charge is 2.11. The first-order valence-electron chi connectivity index (χ1n) is 5.54. The van der Waals surface area contributed by atoms with Crippen molar-refractivity contribution < 1.29 is 9.53 Å². The van der Waals surface area contributed by atoms with Gasteiger partial charge >= 0.3 is 0 Å². The molecular weight excluding hydrogens is 350 g/mol. The van der Waals surface area contributed by atoms with Gasteiger partial charge in [-0.15, -0.1) is 11.6 Å². The van der Waals surface area contributed by atoms with E-state index in [0.717, 1.165) is 0 Å². The fourth-order valence-corrected chi connectivity index (χ4v) is 2.02. The van der Waals surface area contributed by atoms with Gasteiger partial charge in [-0.1, -0.05) is 19.1 Å². The Balaban J connectivity index is 2.40. The van der Waals surface area contributed by atoms with Crippen LogP contribution in [-0.2, 0) is 9.53 Å². The van der Waals surface area contributed by atoms with E-state index in [2.05, 4.69) is 53.8 Å². The summed E-state index contributed by atoms with van der Waals surface area (Å²) in [7, 11) is 0. The summed E-state index contributed by atoms with van der Waals surface area (Å²) in [4.78, 5) is 11.6. The smallest absolute Gasteiger partial charge is 0.159 e. The van der Waals surface area contributed by atoms with Crippen LogP contribution in [0, 0.1) is 3.57 Å². The predicted octanol–water partition coefficient (Wildman–Crippen LogP) is 3.61. The number of ether oxygens (including phenoxy) is 1. The van der Waals surface area contributed by atoms with Crippen LogP contribution < -0.4 is 0 Å². The summed E-state index contributed by atoms with van der Waals surface area (Å²) in [6, 6.07) is 8.25. The molecule has 0 amide bonds. The summed E-state index contributed by atoms with van der Waals surface area (Å²) in [5.74, 6) is 0.792. The highest BCUT2D eigenvalue weighted by molar-refractivity contribution is 14.1. The fourth-order valence-electron chi connectivity index (χ4n) is 1.55. The predicted molar refractivity (Wildman–Crippen MR) is 78.7 cm³/mol. The summed E-state index contributed by atoms with van der Waals surface area (Å²) in [6.07, 6.45) is 0.517. The Kier molecular flexibility index (Phi) is 7.08. The molecule has 0 saturated carbocycles. The van der Waals surface area contributed by atoms with Gasteiger partial charge in [-0.3, -0.25) is 4.79 Å². The van der Waals surface area contributed by atoms with Gasteiger partial charge in [-0.25, -0.2) is 0 Å². The monoisotopic (exact) mass is 366 g/mol. The fraction of sp³-hybridized carbons (Fsp3) is 0.462. The second kappa shape index (κ2) is 8.06. The maximum atomic E-state index is 11.6. The minimum absolute atomic E-state index is 0.126. The van der Waals surface area contributed by atoms with Crippen molar-refractivity contribution in [2.75, 3.05) is 19.1 Å². The van der Waals surface area contributed by atoms with Gasteiger partial charge < -0.3 is 4.74 Å². The van der Waals surface area contributed by atoms with E-state index < -0.39 is 0 Å². The molecule has 0 saturated heterocycles. The molecule has 1 aromatic rings. The largest absolute Gasteiger partial charge is 0.372 e. The third-order valence-corrected chi connectivity index (χ3v) is 3.33. The molecule has 1 rings (SSSR count). The number of carbonyl (C=O) groups is 1. The van der Waals surface area contributed by atoms with Crippen LogP contribution >= 0.6 is 34.2 Å². The van der Waals surface area contributed by atoms with Gasteiger partial charge in [0, 0.05) is 15.9 Å². The van der Waals surface area contributed by atoms with E-state index in [1.165, 1.54) is 9.13 Å². The number of Topliss-reactive ketones (excluding diaryl/α,β-unsaturated/α-hetero) is 1. The molecule has 0 radical (unpaired) electrons. The van der Waals surface area contributed by atoms with E-state index in [9.17, 15) is 4.79 Å². The molecule has 1 aromatic carbocycles. The summed E-state index contributed by atoms with van der Waals surface area (Å²) < 4.78 is 6.32. The van der Waals surface area contributed by atoms with Crippen LogP contribution in [0.2, 0.25) is 0 Å². The lowest BCUT2D eigenvalue weighted by atomic mass is 9.96. The molecular formula is C13H16ClIO2. The van der Waals surface area contributed by atoms with Crippen LogP contribution in [-0.4, -0.2) is 24.9 Å². The van der Waals surface area contributed by atoms with Crippen molar-refractivity contribution in [3.8, 4) is 0 Å². The molecule has 0 aliphatic heterocycles. The number of ketones is 1. The molecule has 0 fully saturated rings. The van der Waals surface area contributed by atoms with E-state index >= 15 is 0 Å². The highest BCUT2D eigenvalue weighted by atomic mass is 127. The first kappa shape index (κ1) is 14.9. The molecule has 0 aromatic heterocycles. The highest BCUT2D eigenvalue weighted by Crippen LogP contribution is 2.20. The van der Waals surface area contributed by atoms with Crippen molar-refractivity contribution >= 4 is 40.0 Å². The van der Waals surface area contributed by atoms with Gasteiger partial charge in [0.2, 0.25) is 0 Å². The van der Waals surface area contributed by atoms with Crippen molar-refractivity contribution in [3.63, 3.8) is 0 Å². The Morgan fingerprint density at radius 2 is 2.06 bits per heavy atom. The molecule has 94 valence electrons. The maximum Gasteiger partial charge on any atom is 0.159 e. The summed E-state index contributed by atoms with van der Waals surface area (Å²) >= 11 is 7.73. The first-order chi connectivity index (χ1) is 8.13. The van der Waals surface area contributed by atoms with Crippen LogP contribution in [0.3, 0.4) is 0 Å². The van der Waals surface area contributed by atoms with Gasteiger partial charge in [0.15, 0.2) is 5.78 Å². The van der Waals surface area contributed by atoms with E-state index in [0.29, 0.717) is 18.9 Å². The third-order valence-electron chi connectivity index (χ3n) is 2.46. The zero-order valence-electron chi connectivity index (χ0n) is 9.79. The third kappa shape index (κ3) is 5.84. The quantitative estimate of drug-likeness (QED) is 0.419. The van der Waals surface area contributed by atoms with Crippen molar-refractivity contribution in [3.05, 3.63) is 33.4 Å². The Bertz CT molecular complexity index is 351. The SMILES string of the molecule is C[C@H](CC(=O)COCCCl)c1ccc(I)cc1. The topological polar surface area (TPSA) is 26.3 Å². The van der Waals surface area contributed by atoms with Gasteiger partial charge in [-0.2, -0.15) is 0 Å².